The second-order valence-electron chi connectivity index (χ2n) is 6.63. The van der Waals surface area contributed by atoms with Crippen LogP contribution in [-0.4, -0.2) is 21.2 Å². The third-order valence-corrected chi connectivity index (χ3v) is 5.30. The molecule has 0 aliphatic carbocycles. The maximum Gasteiger partial charge on any atom is 0.336 e. The molecule has 0 amide bonds. The molecule has 3 aromatic carbocycles. The van der Waals surface area contributed by atoms with Crippen molar-refractivity contribution >= 4 is 43.7 Å². The van der Waals surface area contributed by atoms with Crippen molar-refractivity contribution in [1.82, 2.24) is 10.1 Å². The van der Waals surface area contributed by atoms with Crippen molar-refractivity contribution in [2.24, 2.45) is 0 Å². The molecule has 5 nitrogen and oxygen atoms in total. The predicted molar refractivity (Wildman–Crippen MR) is 115 cm³/mol. The molecule has 29 heavy (non-hydrogen) atoms. The summed E-state index contributed by atoms with van der Waals surface area (Å²) in [6.07, 6.45) is 0. The van der Waals surface area contributed by atoms with E-state index in [0.717, 1.165) is 21.0 Å². The second kappa shape index (κ2) is 6.83. The van der Waals surface area contributed by atoms with E-state index in [1.807, 2.05) is 54.6 Å². The zero-order chi connectivity index (χ0) is 20.0. The zero-order valence-corrected chi connectivity index (χ0v) is 16.6. The highest BCUT2D eigenvalue weighted by atomic mass is 79.9. The van der Waals surface area contributed by atoms with Gasteiger partial charge in [-0.2, -0.15) is 0 Å². The van der Waals surface area contributed by atoms with Crippen LogP contribution in [0.4, 0.5) is 0 Å². The van der Waals surface area contributed by atoms with Gasteiger partial charge >= 0.3 is 5.97 Å². The molecule has 2 heterocycles. The Morgan fingerprint density at radius 2 is 1.69 bits per heavy atom. The fourth-order valence-electron chi connectivity index (χ4n) is 3.42. The lowest BCUT2D eigenvalue weighted by Gasteiger charge is -2.08. The van der Waals surface area contributed by atoms with Crippen LogP contribution in [0.2, 0.25) is 0 Å². The van der Waals surface area contributed by atoms with Gasteiger partial charge in [0.2, 0.25) is 0 Å². The first-order chi connectivity index (χ1) is 14.1. The van der Waals surface area contributed by atoms with Crippen molar-refractivity contribution in [3.63, 3.8) is 0 Å². The quantitative estimate of drug-likeness (QED) is 0.359. The summed E-state index contributed by atoms with van der Waals surface area (Å²) >= 11 is 3.39. The number of fused-ring (bicyclic) bond motifs is 2. The van der Waals surface area contributed by atoms with E-state index < -0.39 is 5.97 Å². The van der Waals surface area contributed by atoms with E-state index in [-0.39, 0.29) is 5.56 Å². The van der Waals surface area contributed by atoms with Gasteiger partial charge in [0.1, 0.15) is 5.52 Å². The largest absolute Gasteiger partial charge is 0.478 e. The minimum absolute atomic E-state index is 0.205. The number of carboxylic acids is 1. The molecule has 0 fully saturated rings. The first-order valence-corrected chi connectivity index (χ1v) is 9.68. The maximum absolute atomic E-state index is 11.8. The summed E-state index contributed by atoms with van der Waals surface area (Å²) in [7, 11) is 0. The van der Waals surface area contributed by atoms with Crippen molar-refractivity contribution in [3.05, 3.63) is 82.8 Å². The number of hydrogen-bond acceptors (Lipinski definition) is 4. The van der Waals surface area contributed by atoms with Gasteiger partial charge in [-0.15, -0.1) is 0 Å². The molecule has 0 aliphatic heterocycles. The van der Waals surface area contributed by atoms with Gasteiger partial charge in [-0.05, 0) is 36.4 Å². The Hall–Kier alpha value is -3.51. The van der Waals surface area contributed by atoms with Crippen LogP contribution in [0.15, 0.2) is 81.8 Å². The normalized spacial score (nSPS) is 11.2. The Balaban J connectivity index is 1.67. The lowest BCUT2D eigenvalue weighted by molar-refractivity contribution is 0.0699. The molecule has 0 bridgehead atoms. The Labute approximate surface area is 173 Å². The summed E-state index contributed by atoms with van der Waals surface area (Å²) in [6.45, 7) is 0. The molecular weight excluding hydrogens is 432 g/mol. The van der Waals surface area contributed by atoms with Gasteiger partial charge in [0.15, 0.2) is 5.76 Å². The van der Waals surface area contributed by atoms with E-state index in [1.54, 1.807) is 18.2 Å². The first-order valence-electron chi connectivity index (χ1n) is 8.89. The number of carbonyl (C=O) groups is 1. The molecule has 0 aliphatic rings. The molecule has 0 saturated heterocycles. The molecule has 6 heteroatoms. The van der Waals surface area contributed by atoms with Gasteiger partial charge in [-0.25, -0.2) is 9.78 Å². The summed E-state index contributed by atoms with van der Waals surface area (Å²) in [4.78, 5) is 16.5. The zero-order valence-electron chi connectivity index (χ0n) is 15.0. The highest BCUT2D eigenvalue weighted by molar-refractivity contribution is 9.10. The summed E-state index contributed by atoms with van der Waals surface area (Å²) < 4.78 is 6.37. The second-order valence-corrected chi connectivity index (χ2v) is 7.55. The van der Waals surface area contributed by atoms with Gasteiger partial charge < -0.3 is 9.63 Å². The van der Waals surface area contributed by atoms with Crippen molar-refractivity contribution < 1.29 is 14.4 Å². The van der Waals surface area contributed by atoms with Crippen LogP contribution in [0.3, 0.4) is 0 Å². The molecule has 5 aromatic rings. The van der Waals surface area contributed by atoms with Crippen molar-refractivity contribution in [2.75, 3.05) is 0 Å². The molecule has 0 spiro atoms. The lowest BCUT2D eigenvalue weighted by atomic mass is 10.0. The van der Waals surface area contributed by atoms with Crippen molar-refractivity contribution in [1.29, 1.82) is 0 Å². The molecule has 0 radical (unpaired) electrons. The van der Waals surface area contributed by atoms with Crippen LogP contribution in [0.5, 0.6) is 0 Å². The number of aromatic nitrogens is 2. The summed E-state index contributed by atoms with van der Waals surface area (Å²) in [5.74, 6) is -0.291. The van der Waals surface area contributed by atoms with Gasteiger partial charge in [-0.1, -0.05) is 57.5 Å². The number of rotatable bonds is 3. The summed E-state index contributed by atoms with van der Waals surface area (Å²) in [6, 6.07) is 22.5. The van der Waals surface area contributed by atoms with Crippen molar-refractivity contribution in [3.8, 4) is 22.6 Å². The molecule has 0 unspecified atom stereocenters. The van der Waals surface area contributed by atoms with Crippen LogP contribution < -0.4 is 0 Å². The van der Waals surface area contributed by atoms with Crippen LogP contribution in [-0.2, 0) is 0 Å². The van der Waals surface area contributed by atoms with E-state index in [2.05, 4.69) is 26.1 Å². The lowest BCUT2D eigenvalue weighted by Crippen LogP contribution is -2.00. The number of nitrogens with zero attached hydrogens (tertiary/aromatic N) is 2. The SMILES string of the molecule is O=C(O)c1cc(-c2ccc3c(-c4ccccc4)onc3c2)nc2ccc(Br)cc12. The Bertz CT molecular complexity index is 1390. The van der Waals surface area contributed by atoms with Crippen LogP contribution >= 0.6 is 15.9 Å². The predicted octanol–water partition coefficient (Wildman–Crippen LogP) is 6.17. The van der Waals surface area contributed by atoms with Gasteiger partial charge in [-0.3, -0.25) is 0 Å². The van der Waals surface area contributed by atoms with Crippen molar-refractivity contribution in [2.45, 2.75) is 0 Å². The molecule has 2 aromatic heterocycles. The number of hydrogen-bond donors (Lipinski definition) is 1. The number of pyridine rings is 1. The minimum Gasteiger partial charge on any atom is -0.478 e. The van der Waals surface area contributed by atoms with Gasteiger partial charge in [0.05, 0.1) is 16.8 Å². The molecule has 0 atom stereocenters. The third-order valence-electron chi connectivity index (χ3n) is 4.81. The topological polar surface area (TPSA) is 76.2 Å². The summed E-state index contributed by atoms with van der Waals surface area (Å²) in [5, 5.41) is 15.3. The molecule has 5 rings (SSSR count). The monoisotopic (exact) mass is 444 g/mol. The van der Waals surface area contributed by atoms with Crippen LogP contribution in [0, 0.1) is 0 Å². The van der Waals surface area contributed by atoms with E-state index in [4.69, 9.17) is 4.52 Å². The highest BCUT2D eigenvalue weighted by Crippen LogP contribution is 2.32. The number of halogens is 1. The van der Waals surface area contributed by atoms with Gasteiger partial charge in [0.25, 0.3) is 0 Å². The fourth-order valence-corrected chi connectivity index (χ4v) is 3.78. The summed E-state index contributed by atoms with van der Waals surface area (Å²) in [5.41, 5.74) is 3.81. The number of carboxylic acid groups (broad SMARTS) is 1. The number of aromatic carboxylic acids is 1. The third kappa shape index (κ3) is 3.07. The molecule has 0 saturated carbocycles. The standard InChI is InChI=1S/C23H13BrN2O3/c24-15-7-9-19-17(11-15)18(23(27)28)12-20(25-19)14-6-8-16-21(10-14)26-29-22(16)13-4-2-1-3-5-13/h1-12H,(H,27,28). The van der Waals surface area contributed by atoms with E-state index in [1.165, 1.54) is 0 Å². The molecular formula is C23H13BrN2O3. The average molecular weight is 445 g/mol. The average Bonchev–Trinajstić information content (AvgIpc) is 3.16. The molecule has 1 N–H and O–H groups in total. The smallest absolute Gasteiger partial charge is 0.336 e. The minimum atomic E-state index is -0.995. The van der Waals surface area contributed by atoms with E-state index >= 15 is 0 Å². The Morgan fingerprint density at radius 1 is 0.862 bits per heavy atom. The fraction of sp³-hybridized carbons (Fsp3) is 0. The Kier molecular flexibility index (Phi) is 4.14. The van der Waals surface area contributed by atoms with E-state index in [0.29, 0.717) is 27.9 Å². The molecule has 140 valence electrons. The van der Waals surface area contributed by atoms with Gasteiger partial charge in [0, 0.05) is 26.4 Å². The van der Waals surface area contributed by atoms with E-state index in [9.17, 15) is 9.90 Å². The Morgan fingerprint density at radius 3 is 2.48 bits per heavy atom. The van der Waals surface area contributed by atoms with Crippen LogP contribution in [0.1, 0.15) is 10.4 Å². The highest BCUT2D eigenvalue weighted by Gasteiger charge is 2.16. The maximum atomic E-state index is 11.8. The van der Waals surface area contributed by atoms with Crippen LogP contribution in [0.25, 0.3) is 44.4 Å². The number of benzene rings is 3. The first kappa shape index (κ1) is 17.6.